The van der Waals surface area contributed by atoms with Crippen LogP contribution in [0.3, 0.4) is 0 Å². The number of rotatable bonds is 10. The maximum absolute atomic E-state index is 12.5. The fourth-order valence-electron chi connectivity index (χ4n) is 4.18. The van der Waals surface area contributed by atoms with Crippen LogP contribution in [0.2, 0.25) is 0 Å². The summed E-state index contributed by atoms with van der Waals surface area (Å²) in [6, 6.07) is 23.2. The lowest BCUT2D eigenvalue weighted by molar-refractivity contribution is -0.142. The second-order valence-electron chi connectivity index (χ2n) is 8.12. The maximum atomic E-state index is 12.5. The van der Waals surface area contributed by atoms with Crippen molar-refractivity contribution in [3.63, 3.8) is 0 Å². The quantitative estimate of drug-likeness (QED) is 0.385. The SMILES string of the molecule is O=C(O)COCCNC(=O)Cc1cccc(NC(=O)OCC2c3ccccc3-c3ccccc32)c1. The molecule has 0 fully saturated rings. The molecule has 2 amide bonds. The number of hydrogen-bond acceptors (Lipinski definition) is 5. The molecule has 35 heavy (non-hydrogen) atoms. The van der Waals surface area contributed by atoms with Crippen LogP contribution in [0, 0.1) is 0 Å². The molecular formula is C27H26N2O6. The van der Waals surface area contributed by atoms with E-state index >= 15 is 0 Å². The minimum atomic E-state index is -1.06. The van der Waals surface area contributed by atoms with Gasteiger partial charge in [-0.3, -0.25) is 10.1 Å². The number of anilines is 1. The number of carboxylic acid groups (broad SMARTS) is 1. The zero-order valence-corrected chi connectivity index (χ0v) is 19.0. The van der Waals surface area contributed by atoms with Gasteiger partial charge in [-0.15, -0.1) is 0 Å². The lowest BCUT2D eigenvalue weighted by atomic mass is 9.98. The first kappa shape index (κ1) is 24.0. The number of carbonyl (C=O) groups is 3. The average molecular weight is 475 g/mol. The van der Waals surface area contributed by atoms with Crippen molar-refractivity contribution in [2.24, 2.45) is 0 Å². The van der Waals surface area contributed by atoms with Crippen LogP contribution in [0.1, 0.15) is 22.6 Å². The summed E-state index contributed by atoms with van der Waals surface area (Å²) in [6.07, 6.45) is -0.455. The molecule has 3 N–H and O–H groups in total. The molecule has 8 nitrogen and oxygen atoms in total. The van der Waals surface area contributed by atoms with Gasteiger partial charge in [0.1, 0.15) is 13.2 Å². The van der Waals surface area contributed by atoms with Crippen LogP contribution >= 0.6 is 0 Å². The summed E-state index contributed by atoms with van der Waals surface area (Å²) < 4.78 is 10.5. The third-order valence-corrected chi connectivity index (χ3v) is 5.68. The van der Waals surface area contributed by atoms with Crippen LogP contribution in [0.25, 0.3) is 11.1 Å². The molecular weight excluding hydrogens is 448 g/mol. The van der Waals surface area contributed by atoms with Crippen molar-refractivity contribution in [1.82, 2.24) is 5.32 Å². The van der Waals surface area contributed by atoms with Gasteiger partial charge in [-0.25, -0.2) is 9.59 Å². The summed E-state index contributed by atoms with van der Waals surface area (Å²) >= 11 is 0. The molecule has 0 aliphatic heterocycles. The van der Waals surface area contributed by atoms with E-state index in [2.05, 4.69) is 34.9 Å². The highest BCUT2D eigenvalue weighted by Crippen LogP contribution is 2.44. The summed E-state index contributed by atoms with van der Waals surface area (Å²) in [4.78, 5) is 35.0. The van der Waals surface area contributed by atoms with Crippen LogP contribution < -0.4 is 10.6 Å². The number of hydrogen-bond donors (Lipinski definition) is 3. The first-order chi connectivity index (χ1) is 17.0. The number of benzene rings is 3. The second-order valence-corrected chi connectivity index (χ2v) is 8.12. The Kier molecular flexibility index (Phi) is 7.74. The summed E-state index contributed by atoms with van der Waals surface area (Å²) in [7, 11) is 0. The van der Waals surface area contributed by atoms with Crippen LogP contribution in [-0.4, -0.2) is 49.4 Å². The van der Waals surface area contributed by atoms with Gasteiger partial charge in [0.05, 0.1) is 13.0 Å². The number of fused-ring (bicyclic) bond motifs is 3. The summed E-state index contributed by atoms with van der Waals surface area (Å²) in [6.45, 7) is 0.135. The molecule has 3 aromatic rings. The van der Waals surface area contributed by atoms with Crippen molar-refractivity contribution in [2.45, 2.75) is 12.3 Å². The van der Waals surface area contributed by atoms with Gasteiger partial charge in [0.15, 0.2) is 0 Å². The van der Waals surface area contributed by atoms with E-state index in [0.29, 0.717) is 11.3 Å². The Morgan fingerprint density at radius 1 is 0.886 bits per heavy atom. The first-order valence-electron chi connectivity index (χ1n) is 11.3. The minimum absolute atomic E-state index is 0.0253. The number of amides is 2. The van der Waals surface area contributed by atoms with Gasteiger partial charge < -0.3 is 19.9 Å². The molecule has 1 aliphatic rings. The predicted molar refractivity (Wildman–Crippen MR) is 130 cm³/mol. The van der Waals surface area contributed by atoms with Gasteiger partial charge in [-0.1, -0.05) is 60.7 Å². The van der Waals surface area contributed by atoms with Crippen molar-refractivity contribution in [2.75, 3.05) is 31.7 Å². The minimum Gasteiger partial charge on any atom is -0.480 e. The van der Waals surface area contributed by atoms with Crippen molar-refractivity contribution < 1.29 is 29.0 Å². The lowest BCUT2D eigenvalue weighted by Gasteiger charge is -2.15. The third-order valence-electron chi connectivity index (χ3n) is 5.68. The average Bonchev–Trinajstić information content (AvgIpc) is 3.16. The molecule has 0 atom stereocenters. The predicted octanol–water partition coefficient (Wildman–Crippen LogP) is 3.81. The summed E-state index contributed by atoms with van der Waals surface area (Å²) in [5.74, 6) is -1.32. The van der Waals surface area contributed by atoms with Gasteiger partial charge >= 0.3 is 12.1 Å². The van der Waals surface area contributed by atoms with Gasteiger partial charge in [0.2, 0.25) is 5.91 Å². The van der Waals surface area contributed by atoms with Crippen LogP contribution in [0.4, 0.5) is 10.5 Å². The zero-order chi connectivity index (χ0) is 24.6. The molecule has 0 saturated heterocycles. The number of ether oxygens (including phenoxy) is 2. The number of nitrogens with one attached hydrogen (secondary N) is 2. The van der Waals surface area contributed by atoms with Crippen molar-refractivity contribution in [3.8, 4) is 11.1 Å². The highest BCUT2D eigenvalue weighted by Gasteiger charge is 2.29. The van der Waals surface area contributed by atoms with Crippen LogP contribution in [0.5, 0.6) is 0 Å². The molecule has 0 heterocycles. The first-order valence-corrected chi connectivity index (χ1v) is 11.3. The topological polar surface area (TPSA) is 114 Å². The van der Waals surface area contributed by atoms with E-state index in [1.807, 2.05) is 24.3 Å². The Labute approximate surface area is 202 Å². The maximum Gasteiger partial charge on any atom is 0.411 e. The van der Waals surface area contributed by atoms with Crippen molar-refractivity contribution in [1.29, 1.82) is 0 Å². The Morgan fingerprint density at radius 2 is 1.57 bits per heavy atom. The van der Waals surface area contributed by atoms with Crippen LogP contribution in [-0.2, 0) is 25.5 Å². The van der Waals surface area contributed by atoms with E-state index < -0.39 is 18.7 Å². The number of carboxylic acids is 1. The van der Waals surface area contributed by atoms with E-state index in [0.717, 1.165) is 22.3 Å². The Hall–Kier alpha value is -4.17. The Balaban J connectivity index is 1.28. The van der Waals surface area contributed by atoms with Gasteiger partial charge in [0.25, 0.3) is 0 Å². The van der Waals surface area contributed by atoms with Crippen molar-refractivity contribution >= 4 is 23.7 Å². The van der Waals surface area contributed by atoms with Gasteiger partial charge in [0, 0.05) is 18.2 Å². The van der Waals surface area contributed by atoms with Crippen LogP contribution in [0.15, 0.2) is 72.8 Å². The monoisotopic (exact) mass is 474 g/mol. The highest BCUT2D eigenvalue weighted by molar-refractivity contribution is 5.86. The van der Waals surface area contributed by atoms with E-state index in [9.17, 15) is 14.4 Å². The largest absolute Gasteiger partial charge is 0.480 e. The van der Waals surface area contributed by atoms with Gasteiger partial charge in [-0.2, -0.15) is 0 Å². The number of carbonyl (C=O) groups excluding carboxylic acids is 2. The molecule has 0 radical (unpaired) electrons. The fourth-order valence-corrected chi connectivity index (χ4v) is 4.18. The van der Waals surface area contributed by atoms with Crippen molar-refractivity contribution in [3.05, 3.63) is 89.5 Å². The third kappa shape index (κ3) is 6.24. The molecule has 1 aliphatic carbocycles. The lowest BCUT2D eigenvalue weighted by Crippen LogP contribution is -2.29. The molecule has 3 aromatic carbocycles. The summed E-state index contributed by atoms with van der Waals surface area (Å²) in [5.41, 5.74) is 5.85. The molecule has 180 valence electrons. The molecule has 0 spiro atoms. The molecule has 0 aromatic heterocycles. The van der Waals surface area contributed by atoms with Gasteiger partial charge in [-0.05, 0) is 39.9 Å². The Morgan fingerprint density at radius 3 is 2.26 bits per heavy atom. The van der Waals surface area contributed by atoms with E-state index in [4.69, 9.17) is 14.6 Å². The number of aliphatic carboxylic acids is 1. The van der Waals surface area contributed by atoms with E-state index in [-0.39, 0.29) is 38.0 Å². The smallest absolute Gasteiger partial charge is 0.411 e. The van der Waals surface area contributed by atoms with E-state index in [1.54, 1.807) is 24.3 Å². The fraction of sp³-hybridized carbons (Fsp3) is 0.222. The summed E-state index contributed by atoms with van der Waals surface area (Å²) in [5, 5.41) is 13.9. The molecule has 4 rings (SSSR count). The molecule has 8 heteroatoms. The Bertz CT molecular complexity index is 1180. The molecule has 0 saturated carbocycles. The highest BCUT2D eigenvalue weighted by atomic mass is 16.5. The molecule has 0 bridgehead atoms. The van der Waals surface area contributed by atoms with E-state index in [1.165, 1.54) is 0 Å². The second kappa shape index (κ2) is 11.3. The zero-order valence-electron chi connectivity index (χ0n) is 19.0. The standard InChI is InChI=1S/C27H26N2O6/c30-25(28-12-13-34-17-26(31)32)15-18-6-5-7-19(14-18)29-27(33)35-16-24-22-10-3-1-8-20(22)21-9-2-4-11-23(21)24/h1-11,14,24H,12-13,15-17H2,(H,28,30)(H,29,33)(H,31,32). The molecule has 0 unspecified atom stereocenters. The normalized spacial score (nSPS) is 11.9.